The number of aromatic nitrogens is 2. The van der Waals surface area contributed by atoms with Gasteiger partial charge in [0.1, 0.15) is 6.54 Å². The number of fused-ring (bicyclic) bond motifs is 2. The average Bonchev–Trinajstić information content (AvgIpc) is 2.88. The molecule has 1 aliphatic heterocycles. The quantitative estimate of drug-likeness (QED) is 0.718. The summed E-state index contributed by atoms with van der Waals surface area (Å²) in [5.41, 5.74) is 5.84. The van der Waals surface area contributed by atoms with Gasteiger partial charge in [0.05, 0.1) is 11.1 Å². The molecule has 0 bridgehead atoms. The molecule has 0 radical (unpaired) electrons. The highest BCUT2D eigenvalue weighted by molar-refractivity contribution is 8.00. The number of para-hydroxylation sites is 1. The number of hydrogen-bond donors (Lipinski definition) is 1. The van der Waals surface area contributed by atoms with Crippen molar-refractivity contribution in [3.05, 3.63) is 64.6 Å². The lowest BCUT2D eigenvalue weighted by Crippen LogP contribution is -2.39. The molecule has 0 saturated heterocycles. The van der Waals surface area contributed by atoms with E-state index in [0.717, 1.165) is 21.7 Å². The van der Waals surface area contributed by atoms with Gasteiger partial charge in [0.2, 0.25) is 5.91 Å². The van der Waals surface area contributed by atoms with Gasteiger partial charge in [-0.1, -0.05) is 37.3 Å². The van der Waals surface area contributed by atoms with E-state index in [4.69, 9.17) is 5.73 Å². The molecule has 0 unspecified atom stereocenters. The van der Waals surface area contributed by atoms with Crippen LogP contribution in [0.1, 0.15) is 23.8 Å². The Morgan fingerprint density at radius 2 is 1.83 bits per heavy atom. The van der Waals surface area contributed by atoms with E-state index < -0.39 is 11.5 Å². The van der Waals surface area contributed by atoms with Crippen molar-refractivity contribution >= 4 is 40.0 Å². The van der Waals surface area contributed by atoms with Gasteiger partial charge in [-0.2, -0.15) is 5.10 Å². The molecule has 1 atom stereocenters. The number of thioether (sulfide) groups is 1. The van der Waals surface area contributed by atoms with Crippen molar-refractivity contribution in [3.8, 4) is 0 Å². The van der Waals surface area contributed by atoms with Crippen molar-refractivity contribution in [2.45, 2.75) is 30.0 Å². The van der Waals surface area contributed by atoms with Gasteiger partial charge < -0.3 is 10.6 Å². The Labute approximate surface area is 171 Å². The van der Waals surface area contributed by atoms with Gasteiger partial charge in [-0.3, -0.25) is 14.4 Å². The van der Waals surface area contributed by atoms with Crippen LogP contribution < -0.4 is 16.2 Å². The van der Waals surface area contributed by atoms with Crippen molar-refractivity contribution in [1.82, 2.24) is 9.78 Å². The second-order valence-electron chi connectivity index (χ2n) is 6.95. The summed E-state index contributed by atoms with van der Waals surface area (Å²) in [6.07, 6.45) is 0.831. The predicted octanol–water partition coefficient (Wildman–Crippen LogP) is 2.41. The molecule has 4 rings (SSSR count). The third-order valence-electron chi connectivity index (χ3n) is 4.93. The lowest BCUT2D eigenvalue weighted by molar-refractivity contribution is -0.119. The molecular weight excluding hydrogens is 388 g/mol. The van der Waals surface area contributed by atoms with Gasteiger partial charge in [0.15, 0.2) is 5.69 Å². The number of benzene rings is 2. The molecule has 8 heteroatoms. The van der Waals surface area contributed by atoms with Gasteiger partial charge in [0.25, 0.3) is 11.5 Å². The van der Waals surface area contributed by atoms with Crippen LogP contribution in [-0.4, -0.2) is 33.4 Å². The zero-order chi connectivity index (χ0) is 20.5. The van der Waals surface area contributed by atoms with Crippen LogP contribution in [0.3, 0.4) is 0 Å². The Bertz CT molecular complexity index is 1170. The number of anilines is 1. The summed E-state index contributed by atoms with van der Waals surface area (Å²) in [6, 6.07) is 14.4. The number of carbonyl (C=O) groups is 2. The predicted molar refractivity (Wildman–Crippen MR) is 113 cm³/mol. The molecule has 148 valence electrons. The first-order valence-corrected chi connectivity index (χ1v) is 10.2. The van der Waals surface area contributed by atoms with Crippen LogP contribution >= 0.6 is 11.8 Å². The van der Waals surface area contributed by atoms with Gasteiger partial charge in [-0.25, -0.2) is 4.68 Å². The van der Waals surface area contributed by atoms with Gasteiger partial charge in [-0.05, 0) is 24.6 Å². The molecule has 1 aliphatic rings. The summed E-state index contributed by atoms with van der Waals surface area (Å²) in [4.78, 5) is 40.6. The molecule has 0 saturated carbocycles. The fourth-order valence-corrected chi connectivity index (χ4v) is 4.60. The highest BCUT2D eigenvalue weighted by Crippen LogP contribution is 2.37. The second-order valence-corrected chi connectivity index (χ2v) is 8.43. The summed E-state index contributed by atoms with van der Waals surface area (Å²) < 4.78 is 1.04. The van der Waals surface area contributed by atoms with Crippen LogP contribution in [0.15, 0.2) is 58.2 Å². The Balaban J connectivity index is 1.74. The molecule has 2 heterocycles. The Kier molecular flexibility index (Phi) is 5.10. The zero-order valence-corrected chi connectivity index (χ0v) is 16.7. The van der Waals surface area contributed by atoms with E-state index in [9.17, 15) is 14.4 Å². The fourth-order valence-electron chi connectivity index (χ4n) is 3.48. The number of amides is 2. The van der Waals surface area contributed by atoms with Gasteiger partial charge >= 0.3 is 0 Å². The van der Waals surface area contributed by atoms with Crippen LogP contribution in [0.5, 0.6) is 0 Å². The first kappa shape index (κ1) is 19.2. The number of primary amides is 1. The Morgan fingerprint density at radius 1 is 1.14 bits per heavy atom. The minimum absolute atomic E-state index is 0.0200. The van der Waals surface area contributed by atoms with Crippen molar-refractivity contribution in [3.63, 3.8) is 0 Å². The lowest BCUT2D eigenvalue weighted by atomic mass is 10.1. The van der Waals surface area contributed by atoms with E-state index in [-0.39, 0.29) is 18.1 Å². The molecule has 29 heavy (non-hydrogen) atoms. The summed E-state index contributed by atoms with van der Waals surface area (Å²) in [5, 5.41) is 5.18. The van der Waals surface area contributed by atoms with E-state index in [1.54, 1.807) is 40.9 Å². The van der Waals surface area contributed by atoms with Crippen molar-refractivity contribution < 1.29 is 9.59 Å². The highest BCUT2D eigenvalue weighted by Gasteiger charge is 2.25. The van der Waals surface area contributed by atoms with Crippen LogP contribution in [0.4, 0.5) is 5.69 Å². The average molecular weight is 408 g/mol. The minimum Gasteiger partial charge on any atom is -0.364 e. The van der Waals surface area contributed by atoms with Crippen molar-refractivity contribution in [2.75, 3.05) is 11.4 Å². The summed E-state index contributed by atoms with van der Waals surface area (Å²) in [5.74, 6) is -1.000. The van der Waals surface area contributed by atoms with Crippen molar-refractivity contribution in [1.29, 1.82) is 0 Å². The number of rotatable bonds is 3. The monoisotopic (exact) mass is 408 g/mol. The topological polar surface area (TPSA) is 98.3 Å². The van der Waals surface area contributed by atoms with Gasteiger partial charge in [-0.15, -0.1) is 11.8 Å². The molecule has 0 aliphatic carbocycles. The molecule has 7 nitrogen and oxygen atoms in total. The van der Waals surface area contributed by atoms with Gasteiger partial charge in [0, 0.05) is 22.1 Å². The highest BCUT2D eigenvalue weighted by atomic mass is 32.2. The largest absolute Gasteiger partial charge is 0.364 e. The van der Waals surface area contributed by atoms with Crippen LogP contribution in [0, 0.1) is 0 Å². The fraction of sp³-hybridized carbons (Fsp3) is 0.238. The van der Waals surface area contributed by atoms with Crippen LogP contribution in [0.25, 0.3) is 10.8 Å². The second kappa shape index (κ2) is 7.71. The summed E-state index contributed by atoms with van der Waals surface area (Å²) >= 11 is 1.73. The van der Waals surface area contributed by atoms with E-state index in [0.29, 0.717) is 22.6 Å². The number of nitrogens with two attached hydrogens (primary N) is 1. The van der Waals surface area contributed by atoms with E-state index in [2.05, 4.69) is 12.0 Å². The third-order valence-corrected chi connectivity index (χ3v) is 6.17. The molecular formula is C21H20N4O3S. The molecule has 0 spiro atoms. The zero-order valence-electron chi connectivity index (χ0n) is 15.9. The first-order chi connectivity index (χ1) is 14.0. The third kappa shape index (κ3) is 3.63. The molecule has 0 fully saturated rings. The number of hydrogen-bond acceptors (Lipinski definition) is 5. The van der Waals surface area contributed by atoms with Crippen LogP contribution in [0.2, 0.25) is 0 Å². The number of nitrogens with zero attached hydrogens (tertiary/aromatic N) is 3. The maximum atomic E-state index is 13.2. The first-order valence-electron chi connectivity index (χ1n) is 9.31. The molecule has 3 aromatic rings. The molecule has 1 aromatic heterocycles. The Hall–Kier alpha value is -3.13. The lowest BCUT2D eigenvalue weighted by Gasteiger charge is -2.22. The van der Waals surface area contributed by atoms with Crippen LogP contribution in [-0.2, 0) is 11.3 Å². The standard InChI is InChI=1S/C21H20N4O3S/c1-13-10-11-24(16-8-4-5-9-17(16)29-13)18(26)12-25-21(28)15-7-3-2-6-14(15)19(23-25)20(22)27/h2-9,13H,10-12H2,1H3,(H2,22,27)/t13-/m1/s1. The maximum Gasteiger partial charge on any atom is 0.275 e. The summed E-state index contributed by atoms with van der Waals surface area (Å²) in [6.45, 7) is 2.41. The van der Waals surface area contributed by atoms with E-state index in [1.165, 1.54) is 0 Å². The SMILES string of the molecule is C[C@@H]1CCN(C(=O)Cn2nc(C(N)=O)c3ccccc3c2=O)c2ccccc2S1. The molecule has 2 amide bonds. The van der Waals surface area contributed by atoms with Crippen molar-refractivity contribution in [2.24, 2.45) is 5.73 Å². The normalized spacial score (nSPS) is 16.3. The smallest absolute Gasteiger partial charge is 0.275 e. The van der Waals surface area contributed by atoms with E-state index >= 15 is 0 Å². The summed E-state index contributed by atoms with van der Waals surface area (Å²) in [7, 11) is 0. The van der Waals surface area contributed by atoms with E-state index in [1.807, 2.05) is 24.3 Å². The Morgan fingerprint density at radius 3 is 2.59 bits per heavy atom. The maximum absolute atomic E-state index is 13.2. The minimum atomic E-state index is -0.743. The molecule has 2 N–H and O–H groups in total. The molecule has 2 aromatic carbocycles. The number of carbonyl (C=O) groups excluding carboxylic acids is 2.